The lowest BCUT2D eigenvalue weighted by atomic mass is 10.1. The van der Waals surface area contributed by atoms with E-state index in [1.807, 2.05) is 18.2 Å². The van der Waals surface area contributed by atoms with Gasteiger partial charge in [-0.3, -0.25) is 10.1 Å². The Balaban J connectivity index is 2.05. The lowest BCUT2D eigenvalue weighted by molar-refractivity contribution is -0.385. The van der Waals surface area contributed by atoms with Crippen LogP contribution in [0.5, 0.6) is 0 Å². The van der Waals surface area contributed by atoms with Crippen molar-refractivity contribution in [1.82, 2.24) is 0 Å². The van der Waals surface area contributed by atoms with Crippen LogP contribution in [0.15, 0.2) is 42.5 Å². The molecule has 0 aliphatic heterocycles. The lowest BCUT2D eigenvalue weighted by Gasteiger charge is -2.12. The second-order valence-electron chi connectivity index (χ2n) is 4.83. The SMILES string of the molecule is Cc1cccc(C)c1NCCc1ccccc1[N+](=O)[O-]. The molecule has 0 atom stereocenters. The van der Waals surface area contributed by atoms with E-state index in [0.29, 0.717) is 13.0 Å². The van der Waals surface area contributed by atoms with E-state index >= 15 is 0 Å². The summed E-state index contributed by atoms with van der Waals surface area (Å²) in [5.74, 6) is 0. The fourth-order valence-electron chi connectivity index (χ4n) is 2.32. The van der Waals surface area contributed by atoms with Crippen molar-refractivity contribution in [3.05, 3.63) is 69.3 Å². The lowest BCUT2D eigenvalue weighted by Crippen LogP contribution is -2.08. The van der Waals surface area contributed by atoms with Gasteiger partial charge in [-0.05, 0) is 31.4 Å². The molecule has 0 bridgehead atoms. The molecular formula is C16H18N2O2. The number of hydrogen-bond donors (Lipinski definition) is 1. The number of nitrogens with one attached hydrogen (secondary N) is 1. The van der Waals surface area contributed by atoms with E-state index < -0.39 is 0 Å². The molecule has 0 unspecified atom stereocenters. The van der Waals surface area contributed by atoms with Crippen LogP contribution < -0.4 is 5.32 Å². The highest BCUT2D eigenvalue weighted by Crippen LogP contribution is 2.21. The second-order valence-corrected chi connectivity index (χ2v) is 4.83. The largest absolute Gasteiger partial charge is 0.384 e. The summed E-state index contributed by atoms with van der Waals surface area (Å²) in [6.07, 6.45) is 0.630. The van der Waals surface area contributed by atoms with Gasteiger partial charge >= 0.3 is 0 Å². The van der Waals surface area contributed by atoms with Gasteiger partial charge in [0, 0.05) is 23.9 Å². The quantitative estimate of drug-likeness (QED) is 0.663. The first kappa shape index (κ1) is 14.1. The van der Waals surface area contributed by atoms with E-state index in [2.05, 4.69) is 31.3 Å². The van der Waals surface area contributed by atoms with E-state index in [1.54, 1.807) is 12.1 Å². The highest BCUT2D eigenvalue weighted by atomic mass is 16.6. The number of para-hydroxylation sites is 2. The van der Waals surface area contributed by atoms with Gasteiger partial charge in [0.15, 0.2) is 0 Å². The van der Waals surface area contributed by atoms with Crippen molar-refractivity contribution < 1.29 is 4.92 Å². The number of benzene rings is 2. The van der Waals surface area contributed by atoms with Crippen molar-refractivity contribution in [3.63, 3.8) is 0 Å². The van der Waals surface area contributed by atoms with Gasteiger partial charge in [-0.1, -0.05) is 36.4 Å². The average Bonchev–Trinajstić information content (AvgIpc) is 2.42. The molecule has 104 valence electrons. The van der Waals surface area contributed by atoms with Crippen LogP contribution >= 0.6 is 0 Å². The predicted octanol–water partition coefficient (Wildman–Crippen LogP) is 3.87. The number of rotatable bonds is 5. The highest BCUT2D eigenvalue weighted by molar-refractivity contribution is 5.56. The molecule has 0 fully saturated rings. The van der Waals surface area contributed by atoms with Crippen molar-refractivity contribution in [2.24, 2.45) is 0 Å². The minimum Gasteiger partial charge on any atom is -0.384 e. The molecule has 20 heavy (non-hydrogen) atoms. The van der Waals surface area contributed by atoms with Crippen LogP contribution in [0.2, 0.25) is 0 Å². The first-order chi connectivity index (χ1) is 9.59. The number of anilines is 1. The van der Waals surface area contributed by atoms with Crippen LogP contribution in [0.4, 0.5) is 11.4 Å². The number of hydrogen-bond acceptors (Lipinski definition) is 3. The summed E-state index contributed by atoms with van der Waals surface area (Å²) in [6.45, 7) is 4.79. The van der Waals surface area contributed by atoms with Gasteiger partial charge in [-0.2, -0.15) is 0 Å². The topological polar surface area (TPSA) is 55.2 Å². The minimum absolute atomic E-state index is 0.191. The maximum atomic E-state index is 10.9. The number of nitro groups is 1. The van der Waals surface area contributed by atoms with Crippen LogP contribution in [0, 0.1) is 24.0 Å². The van der Waals surface area contributed by atoms with E-state index in [9.17, 15) is 10.1 Å². The number of aryl methyl sites for hydroxylation is 2. The molecule has 0 aromatic heterocycles. The van der Waals surface area contributed by atoms with Gasteiger partial charge in [0.2, 0.25) is 0 Å². The van der Waals surface area contributed by atoms with E-state index in [4.69, 9.17) is 0 Å². The molecule has 2 aromatic carbocycles. The molecule has 0 saturated heterocycles. The molecular weight excluding hydrogens is 252 g/mol. The predicted molar refractivity (Wildman–Crippen MR) is 81.2 cm³/mol. The zero-order valence-corrected chi connectivity index (χ0v) is 11.7. The maximum Gasteiger partial charge on any atom is 0.272 e. The third kappa shape index (κ3) is 3.15. The standard InChI is InChI=1S/C16H18N2O2/c1-12-6-5-7-13(2)16(12)17-11-10-14-8-3-4-9-15(14)18(19)20/h3-9,17H,10-11H2,1-2H3. The molecule has 4 heteroatoms. The zero-order chi connectivity index (χ0) is 14.5. The van der Waals surface area contributed by atoms with Crippen LogP contribution in [-0.4, -0.2) is 11.5 Å². The van der Waals surface area contributed by atoms with Gasteiger partial charge in [-0.15, -0.1) is 0 Å². The molecule has 0 radical (unpaired) electrons. The summed E-state index contributed by atoms with van der Waals surface area (Å²) < 4.78 is 0. The molecule has 2 aromatic rings. The highest BCUT2D eigenvalue weighted by Gasteiger charge is 2.11. The van der Waals surface area contributed by atoms with Crippen molar-refractivity contribution in [3.8, 4) is 0 Å². The summed E-state index contributed by atoms with van der Waals surface area (Å²) in [6, 6.07) is 13.0. The van der Waals surface area contributed by atoms with Gasteiger partial charge in [-0.25, -0.2) is 0 Å². The van der Waals surface area contributed by atoms with Crippen molar-refractivity contribution in [2.45, 2.75) is 20.3 Å². The zero-order valence-electron chi connectivity index (χ0n) is 11.7. The molecule has 1 N–H and O–H groups in total. The summed E-state index contributed by atoms with van der Waals surface area (Å²) in [4.78, 5) is 10.6. The Hall–Kier alpha value is -2.36. The van der Waals surface area contributed by atoms with Crippen LogP contribution in [0.1, 0.15) is 16.7 Å². The minimum atomic E-state index is -0.325. The Bertz CT molecular complexity index is 603. The van der Waals surface area contributed by atoms with Gasteiger partial charge in [0.1, 0.15) is 0 Å². The third-order valence-electron chi connectivity index (χ3n) is 3.37. The van der Waals surface area contributed by atoms with Crippen molar-refractivity contribution >= 4 is 11.4 Å². The Morgan fingerprint density at radius 3 is 2.35 bits per heavy atom. The van der Waals surface area contributed by atoms with Crippen molar-refractivity contribution in [1.29, 1.82) is 0 Å². The Labute approximate surface area is 118 Å². The first-order valence-corrected chi connectivity index (χ1v) is 6.62. The molecule has 2 rings (SSSR count). The molecule has 4 nitrogen and oxygen atoms in total. The monoisotopic (exact) mass is 270 g/mol. The first-order valence-electron chi connectivity index (χ1n) is 6.62. The van der Waals surface area contributed by atoms with Crippen LogP contribution in [-0.2, 0) is 6.42 Å². The summed E-state index contributed by atoms with van der Waals surface area (Å²) in [5.41, 5.74) is 4.44. The fourth-order valence-corrected chi connectivity index (χ4v) is 2.32. The molecule has 0 amide bonds. The molecule has 0 aliphatic carbocycles. The average molecular weight is 270 g/mol. The van der Waals surface area contributed by atoms with Gasteiger partial charge < -0.3 is 5.32 Å². The maximum absolute atomic E-state index is 10.9. The number of nitrogens with zero attached hydrogens (tertiary/aromatic N) is 1. The van der Waals surface area contributed by atoms with Gasteiger partial charge in [0.05, 0.1) is 4.92 Å². The molecule has 0 saturated carbocycles. The van der Waals surface area contributed by atoms with E-state index in [0.717, 1.165) is 11.3 Å². The Morgan fingerprint density at radius 2 is 1.70 bits per heavy atom. The molecule has 0 spiro atoms. The van der Waals surface area contributed by atoms with Gasteiger partial charge in [0.25, 0.3) is 5.69 Å². The summed E-state index contributed by atoms with van der Waals surface area (Å²) >= 11 is 0. The Kier molecular flexibility index (Phi) is 4.35. The fraction of sp³-hybridized carbons (Fsp3) is 0.250. The molecule has 0 heterocycles. The summed E-state index contributed by atoms with van der Waals surface area (Å²) in [7, 11) is 0. The Morgan fingerprint density at radius 1 is 1.05 bits per heavy atom. The normalized spacial score (nSPS) is 10.3. The summed E-state index contributed by atoms with van der Waals surface area (Å²) in [5, 5.41) is 14.3. The smallest absolute Gasteiger partial charge is 0.272 e. The molecule has 0 aliphatic rings. The van der Waals surface area contributed by atoms with Crippen molar-refractivity contribution in [2.75, 3.05) is 11.9 Å². The van der Waals surface area contributed by atoms with E-state index in [-0.39, 0.29) is 10.6 Å². The number of nitro benzene ring substituents is 1. The van der Waals surface area contributed by atoms with E-state index in [1.165, 1.54) is 11.1 Å². The van der Waals surface area contributed by atoms with Crippen LogP contribution in [0.25, 0.3) is 0 Å². The van der Waals surface area contributed by atoms with Crippen LogP contribution in [0.3, 0.4) is 0 Å². The third-order valence-corrected chi connectivity index (χ3v) is 3.37. The second kappa shape index (κ2) is 6.19.